The summed E-state index contributed by atoms with van der Waals surface area (Å²) in [7, 11) is 0. The molecule has 1 heterocycles. The molecule has 0 spiro atoms. The van der Waals surface area contributed by atoms with E-state index in [4.69, 9.17) is 5.73 Å². The minimum absolute atomic E-state index is 0. The summed E-state index contributed by atoms with van der Waals surface area (Å²) >= 11 is 0. The predicted molar refractivity (Wildman–Crippen MR) is 87.6 cm³/mol. The van der Waals surface area contributed by atoms with E-state index in [0.29, 0.717) is 13.1 Å². The Hall–Kier alpha value is -1.59. The molecular weight excluding hydrogens is 288 g/mol. The number of hydrogen-bond acceptors (Lipinski definition) is 3. The van der Waals surface area contributed by atoms with Crippen LogP contribution in [0.3, 0.4) is 0 Å². The zero-order chi connectivity index (χ0) is 14.5. The summed E-state index contributed by atoms with van der Waals surface area (Å²) in [4.78, 5) is 16.2. The summed E-state index contributed by atoms with van der Waals surface area (Å²) in [6, 6.07) is 7.61. The van der Waals surface area contributed by atoms with E-state index in [1.165, 1.54) is 0 Å². The highest BCUT2D eigenvalue weighted by molar-refractivity contribution is 5.85. The SMILES string of the molecule is CCCC(N)C(=O)NCCn1c(C)nc2ccccc21.Cl. The zero-order valence-corrected chi connectivity index (χ0v) is 13.3. The number of amides is 1. The second-order valence-corrected chi connectivity index (χ2v) is 4.99. The van der Waals surface area contributed by atoms with Crippen molar-refractivity contribution in [3.8, 4) is 0 Å². The van der Waals surface area contributed by atoms with Crippen LogP contribution in [-0.2, 0) is 11.3 Å². The van der Waals surface area contributed by atoms with E-state index in [1.807, 2.05) is 38.1 Å². The first-order valence-corrected chi connectivity index (χ1v) is 7.08. The predicted octanol–water partition coefficient (Wildman–Crippen LogP) is 2.01. The maximum Gasteiger partial charge on any atom is 0.236 e. The number of rotatable bonds is 6. The van der Waals surface area contributed by atoms with Crippen molar-refractivity contribution in [2.45, 2.75) is 39.3 Å². The van der Waals surface area contributed by atoms with Crippen molar-refractivity contribution in [2.24, 2.45) is 5.73 Å². The normalized spacial score (nSPS) is 12.0. The highest BCUT2D eigenvalue weighted by Gasteiger charge is 2.12. The molecule has 2 aromatic rings. The molecule has 1 unspecified atom stereocenters. The van der Waals surface area contributed by atoms with Crippen molar-refractivity contribution in [1.82, 2.24) is 14.9 Å². The summed E-state index contributed by atoms with van der Waals surface area (Å²) in [5.74, 6) is 0.882. The number of fused-ring (bicyclic) bond motifs is 1. The summed E-state index contributed by atoms with van der Waals surface area (Å²) < 4.78 is 2.11. The average molecular weight is 311 g/mol. The fourth-order valence-electron chi connectivity index (χ4n) is 2.34. The number of para-hydroxylation sites is 2. The fourth-order valence-corrected chi connectivity index (χ4v) is 2.34. The number of carbonyl (C=O) groups excluding carboxylic acids is 1. The van der Waals surface area contributed by atoms with E-state index in [0.717, 1.165) is 29.7 Å². The third-order valence-electron chi connectivity index (χ3n) is 3.42. The van der Waals surface area contributed by atoms with Gasteiger partial charge in [-0.25, -0.2) is 4.98 Å². The molecule has 1 amide bonds. The number of halogens is 1. The van der Waals surface area contributed by atoms with Gasteiger partial charge in [-0.05, 0) is 25.5 Å². The van der Waals surface area contributed by atoms with E-state index < -0.39 is 6.04 Å². The largest absolute Gasteiger partial charge is 0.353 e. The van der Waals surface area contributed by atoms with Crippen LogP contribution in [0.1, 0.15) is 25.6 Å². The molecule has 0 fully saturated rings. The van der Waals surface area contributed by atoms with E-state index in [9.17, 15) is 4.79 Å². The third kappa shape index (κ3) is 4.19. The molecule has 0 aliphatic heterocycles. The van der Waals surface area contributed by atoms with E-state index in [2.05, 4.69) is 14.9 Å². The molecular formula is C15H23ClN4O. The van der Waals surface area contributed by atoms with Crippen LogP contribution in [0.25, 0.3) is 11.0 Å². The summed E-state index contributed by atoms with van der Waals surface area (Å²) in [6.07, 6.45) is 1.64. The second-order valence-electron chi connectivity index (χ2n) is 4.99. The maximum absolute atomic E-state index is 11.7. The number of carbonyl (C=O) groups is 1. The highest BCUT2D eigenvalue weighted by atomic mass is 35.5. The Labute approximate surface area is 131 Å². The molecule has 0 saturated carbocycles. The second kappa shape index (κ2) is 8.00. The molecule has 0 saturated heterocycles. The molecule has 21 heavy (non-hydrogen) atoms. The Kier molecular flexibility index (Phi) is 6.65. The Bertz CT molecular complexity index is 596. The third-order valence-corrected chi connectivity index (χ3v) is 3.42. The Balaban J connectivity index is 0.00000220. The van der Waals surface area contributed by atoms with Crippen molar-refractivity contribution in [3.05, 3.63) is 30.1 Å². The Morgan fingerprint density at radius 2 is 2.14 bits per heavy atom. The summed E-state index contributed by atoms with van der Waals surface area (Å²) in [6.45, 7) is 5.27. The molecule has 3 N–H and O–H groups in total. The van der Waals surface area contributed by atoms with Gasteiger partial charge in [-0.15, -0.1) is 12.4 Å². The van der Waals surface area contributed by atoms with Crippen molar-refractivity contribution in [2.75, 3.05) is 6.54 Å². The average Bonchev–Trinajstić information content (AvgIpc) is 2.75. The molecule has 0 aliphatic rings. The quantitative estimate of drug-likeness (QED) is 0.857. The molecule has 5 nitrogen and oxygen atoms in total. The summed E-state index contributed by atoms with van der Waals surface area (Å²) in [5.41, 5.74) is 7.86. The van der Waals surface area contributed by atoms with Gasteiger partial charge in [-0.3, -0.25) is 4.79 Å². The lowest BCUT2D eigenvalue weighted by molar-refractivity contribution is -0.122. The highest BCUT2D eigenvalue weighted by Crippen LogP contribution is 2.14. The van der Waals surface area contributed by atoms with Crippen LogP contribution in [-0.4, -0.2) is 28.0 Å². The van der Waals surface area contributed by atoms with Gasteiger partial charge in [0.1, 0.15) is 5.82 Å². The molecule has 0 aliphatic carbocycles. The van der Waals surface area contributed by atoms with E-state index in [-0.39, 0.29) is 18.3 Å². The first-order valence-electron chi connectivity index (χ1n) is 7.08. The van der Waals surface area contributed by atoms with Gasteiger partial charge in [0.05, 0.1) is 17.1 Å². The lowest BCUT2D eigenvalue weighted by Crippen LogP contribution is -2.41. The van der Waals surface area contributed by atoms with Gasteiger partial charge in [0.15, 0.2) is 0 Å². The van der Waals surface area contributed by atoms with Crippen molar-refractivity contribution in [1.29, 1.82) is 0 Å². The van der Waals surface area contributed by atoms with Crippen LogP contribution in [0, 0.1) is 6.92 Å². The Morgan fingerprint density at radius 3 is 2.86 bits per heavy atom. The molecule has 2 rings (SSSR count). The van der Waals surface area contributed by atoms with Crippen LogP contribution in [0.15, 0.2) is 24.3 Å². The minimum Gasteiger partial charge on any atom is -0.353 e. The molecule has 6 heteroatoms. The number of hydrogen-bond donors (Lipinski definition) is 2. The molecule has 1 aromatic carbocycles. The van der Waals surface area contributed by atoms with Gasteiger partial charge < -0.3 is 15.6 Å². The van der Waals surface area contributed by atoms with Crippen molar-refractivity contribution >= 4 is 29.3 Å². The monoisotopic (exact) mass is 310 g/mol. The van der Waals surface area contributed by atoms with Crippen LogP contribution in [0.2, 0.25) is 0 Å². The molecule has 1 atom stereocenters. The van der Waals surface area contributed by atoms with Gasteiger partial charge in [0, 0.05) is 13.1 Å². The lowest BCUT2D eigenvalue weighted by Gasteiger charge is -2.12. The first-order chi connectivity index (χ1) is 9.63. The standard InChI is InChI=1S/C15H22N4O.ClH/c1-3-6-12(16)15(20)17-9-10-19-11(2)18-13-7-4-5-8-14(13)19;/h4-5,7-8,12H,3,6,9-10,16H2,1-2H3,(H,17,20);1H. The van der Waals surface area contributed by atoms with Crippen molar-refractivity contribution < 1.29 is 4.79 Å². The van der Waals surface area contributed by atoms with E-state index in [1.54, 1.807) is 0 Å². The van der Waals surface area contributed by atoms with E-state index >= 15 is 0 Å². The Morgan fingerprint density at radius 1 is 1.43 bits per heavy atom. The van der Waals surface area contributed by atoms with Gasteiger partial charge in [-0.2, -0.15) is 0 Å². The topological polar surface area (TPSA) is 72.9 Å². The van der Waals surface area contributed by atoms with Crippen LogP contribution < -0.4 is 11.1 Å². The first kappa shape index (κ1) is 17.5. The molecule has 116 valence electrons. The van der Waals surface area contributed by atoms with Gasteiger partial charge in [0.25, 0.3) is 0 Å². The number of nitrogens with two attached hydrogens (primary N) is 1. The number of aryl methyl sites for hydroxylation is 1. The van der Waals surface area contributed by atoms with Gasteiger partial charge in [0.2, 0.25) is 5.91 Å². The number of aromatic nitrogens is 2. The number of benzene rings is 1. The van der Waals surface area contributed by atoms with Crippen LogP contribution in [0.5, 0.6) is 0 Å². The van der Waals surface area contributed by atoms with Crippen molar-refractivity contribution in [3.63, 3.8) is 0 Å². The number of nitrogens with zero attached hydrogens (tertiary/aromatic N) is 2. The molecule has 0 bridgehead atoms. The molecule has 1 aromatic heterocycles. The smallest absolute Gasteiger partial charge is 0.236 e. The number of imidazole rings is 1. The van der Waals surface area contributed by atoms with Crippen LogP contribution >= 0.6 is 12.4 Å². The van der Waals surface area contributed by atoms with Gasteiger partial charge >= 0.3 is 0 Å². The molecule has 0 radical (unpaired) electrons. The number of nitrogens with one attached hydrogen (secondary N) is 1. The zero-order valence-electron chi connectivity index (χ0n) is 12.5. The lowest BCUT2D eigenvalue weighted by atomic mass is 10.2. The maximum atomic E-state index is 11.7. The van der Waals surface area contributed by atoms with Gasteiger partial charge in [-0.1, -0.05) is 25.5 Å². The fraction of sp³-hybridized carbons (Fsp3) is 0.467. The minimum atomic E-state index is -0.402. The summed E-state index contributed by atoms with van der Waals surface area (Å²) in [5, 5.41) is 2.88. The van der Waals surface area contributed by atoms with Crippen LogP contribution in [0.4, 0.5) is 0 Å².